The average molecular weight is 433 g/mol. The van der Waals surface area contributed by atoms with Crippen molar-refractivity contribution in [1.29, 1.82) is 0 Å². The number of halogens is 1. The molecule has 0 aliphatic rings. The number of carbonyl (C=O) groups is 2. The van der Waals surface area contributed by atoms with E-state index in [-0.39, 0.29) is 36.3 Å². The number of carbonyl (C=O) groups excluding carboxylic acids is 2. The standard InChI is InChI=1S/C23H20FN5O3/c1-15(30)26-19-4-2-3-17(13-19)22(31)25-9-10-28-11-12-29-21(23(28)32)14-20(27-29)16-5-7-18(24)8-6-16/h2-8,11-14H,9-10H2,1H3,(H,25,31)(H,26,30). The number of rotatable bonds is 6. The Balaban J connectivity index is 1.45. The van der Waals surface area contributed by atoms with Crippen molar-refractivity contribution in [1.82, 2.24) is 19.5 Å². The Kier molecular flexibility index (Phi) is 5.80. The van der Waals surface area contributed by atoms with Crippen LogP contribution in [0.15, 0.2) is 71.8 Å². The first-order chi connectivity index (χ1) is 15.4. The van der Waals surface area contributed by atoms with E-state index in [1.54, 1.807) is 54.9 Å². The van der Waals surface area contributed by atoms with Crippen LogP contribution in [0.3, 0.4) is 0 Å². The first kappa shape index (κ1) is 21.0. The Bertz CT molecular complexity index is 1360. The van der Waals surface area contributed by atoms with Crippen molar-refractivity contribution >= 4 is 23.0 Å². The van der Waals surface area contributed by atoms with Gasteiger partial charge in [0.25, 0.3) is 11.5 Å². The molecule has 9 heteroatoms. The first-order valence-electron chi connectivity index (χ1n) is 9.91. The highest BCUT2D eigenvalue weighted by Gasteiger charge is 2.10. The molecule has 4 aromatic rings. The van der Waals surface area contributed by atoms with E-state index in [1.807, 2.05) is 0 Å². The molecule has 2 amide bonds. The fourth-order valence-corrected chi connectivity index (χ4v) is 3.30. The molecule has 4 rings (SSSR count). The number of benzene rings is 2. The number of nitrogens with one attached hydrogen (secondary N) is 2. The van der Waals surface area contributed by atoms with Crippen LogP contribution in [0.2, 0.25) is 0 Å². The number of fused-ring (bicyclic) bond motifs is 1. The lowest BCUT2D eigenvalue weighted by atomic mass is 10.1. The van der Waals surface area contributed by atoms with Crippen LogP contribution >= 0.6 is 0 Å². The summed E-state index contributed by atoms with van der Waals surface area (Å²) >= 11 is 0. The Morgan fingerprint density at radius 1 is 1.06 bits per heavy atom. The van der Waals surface area contributed by atoms with Crippen LogP contribution in [0.4, 0.5) is 10.1 Å². The molecule has 0 saturated heterocycles. The molecule has 2 N–H and O–H groups in total. The summed E-state index contributed by atoms with van der Waals surface area (Å²) in [6.45, 7) is 1.90. The molecule has 8 nitrogen and oxygen atoms in total. The van der Waals surface area contributed by atoms with Gasteiger partial charge in [0.05, 0.1) is 5.69 Å². The Hall–Kier alpha value is -4.27. The lowest BCUT2D eigenvalue weighted by Crippen LogP contribution is -2.31. The van der Waals surface area contributed by atoms with E-state index in [0.29, 0.717) is 28.0 Å². The third-order valence-electron chi connectivity index (χ3n) is 4.83. The molecular formula is C23H20FN5O3. The van der Waals surface area contributed by atoms with Gasteiger partial charge in [-0.05, 0) is 48.5 Å². The van der Waals surface area contributed by atoms with Crippen molar-refractivity contribution in [2.75, 3.05) is 11.9 Å². The van der Waals surface area contributed by atoms with Gasteiger partial charge < -0.3 is 15.2 Å². The summed E-state index contributed by atoms with van der Waals surface area (Å²) in [5.74, 6) is -0.877. The van der Waals surface area contributed by atoms with Crippen molar-refractivity contribution < 1.29 is 14.0 Å². The normalized spacial score (nSPS) is 10.8. The van der Waals surface area contributed by atoms with Gasteiger partial charge in [-0.25, -0.2) is 8.91 Å². The number of amides is 2. The second kappa shape index (κ2) is 8.84. The van der Waals surface area contributed by atoms with Gasteiger partial charge in [0.15, 0.2) is 0 Å². The van der Waals surface area contributed by atoms with Crippen LogP contribution in [0, 0.1) is 5.82 Å². The largest absolute Gasteiger partial charge is 0.350 e. The predicted octanol–water partition coefficient (Wildman–Crippen LogP) is 2.69. The number of aromatic nitrogens is 3. The van der Waals surface area contributed by atoms with Gasteiger partial charge in [0.2, 0.25) is 5.91 Å². The fourth-order valence-electron chi connectivity index (χ4n) is 3.30. The maximum absolute atomic E-state index is 13.2. The first-order valence-corrected chi connectivity index (χ1v) is 9.91. The molecule has 162 valence electrons. The minimum atomic E-state index is -0.344. The maximum Gasteiger partial charge on any atom is 0.276 e. The van der Waals surface area contributed by atoms with Gasteiger partial charge in [-0.15, -0.1) is 0 Å². The molecule has 2 heterocycles. The van der Waals surface area contributed by atoms with Gasteiger partial charge in [-0.2, -0.15) is 5.10 Å². The second-order valence-electron chi connectivity index (χ2n) is 7.18. The zero-order valence-electron chi connectivity index (χ0n) is 17.2. The molecule has 2 aromatic heterocycles. The highest BCUT2D eigenvalue weighted by atomic mass is 19.1. The van der Waals surface area contributed by atoms with Crippen molar-refractivity contribution in [3.05, 3.63) is 88.7 Å². The zero-order chi connectivity index (χ0) is 22.7. The maximum atomic E-state index is 13.2. The molecular weight excluding hydrogens is 413 g/mol. The lowest BCUT2D eigenvalue weighted by molar-refractivity contribution is -0.114. The third kappa shape index (κ3) is 4.56. The van der Waals surface area contributed by atoms with E-state index in [0.717, 1.165) is 0 Å². The number of anilines is 1. The van der Waals surface area contributed by atoms with E-state index in [9.17, 15) is 18.8 Å². The van der Waals surface area contributed by atoms with Crippen molar-refractivity contribution in [2.45, 2.75) is 13.5 Å². The minimum Gasteiger partial charge on any atom is -0.350 e. The quantitative estimate of drug-likeness (QED) is 0.489. The van der Waals surface area contributed by atoms with E-state index in [4.69, 9.17) is 0 Å². The van der Waals surface area contributed by atoms with Crippen LogP contribution in [-0.2, 0) is 11.3 Å². The molecule has 0 aliphatic heterocycles. The topological polar surface area (TPSA) is 97.5 Å². The zero-order valence-corrected chi connectivity index (χ0v) is 17.2. The number of hydrogen-bond acceptors (Lipinski definition) is 4. The van der Waals surface area contributed by atoms with Gasteiger partial charge in [0.1, 0.15) is 11.3 Å². The summed E-state index contributed by atoms with van der Waals surface area (Å²) in [4.78, 5) is 36.4. The third-order valence-corrected chi connectivity index (χ3v) is 4.83. The molecule has 0 bridgehead atoms. The molecule has 0 spiro atoms. The smallest absolute Gasteiger partial charge is 0.276 e. The molecule has 0 radical (unpaired) electrons. The SMILES string of the molecule is CC(=O)Nc1cccc(C(=O)NCCn2ccn3nc(-c4ccc(F)cc4)cc3c2=O)c1. The molecule has 0 aliphatic carbocycles. The molecule has 0 unspecified atom stereocenters. The summed E-state index contributed by atoms with van der Waals surface area (Å²) in [7, 11) is 0. The van der Waals surface area contributed by atoms with E-state index in [1.165, 1.54) is 28.1 Å². The monoisotopic (exact) mass is 433 g/mol. The molecule has 2 aromatic carbocycles. The van der Waals surface area contributed by atoms with Crippen molar-refractivity contribution in [3.8, 4) is 11.3 Å². The van der Waals surface area contributed by atoms with Crippen LogP contribution in [-0.4, -0.2) is 32.5 Å². The van der Waals surface area contributed by atoms with E-state index in [2.05, 4.69) is 15.7 Å². The predicted molar refractivity (Wildman–Crippen MR) is 118 cm³/mol. The summed E-state index contributed by atoms with van der Waals surface area (Å²) < 4.78 is 16.1. The van der Waals surface area contributed by atoms with Gasteiger partial charge >= 0.3 is 0 Å². The summed E-state index contributed by atoms with van der Waals surface area (Å²) in [5, 5.41) is 9.77. The summed E-state index contributed by atoms with van der Waals surface area (Å²) in [5.41, 5.74) is 2.32. The summed E-state index contributed by atoms with van der Waals surface area (Å²) in [6, 6.07) is 14.1. The van der Waals surface area contributed by atoms with Crippen molar-refractivity contribution in [2.24, 2.45) is 0 Å². The lowest BCUT2D eigenvalue weighted by Gasteiger charge is -2.09. The van der Waals surface area contributed by atoms with Gasteiger partial charge in [-0.3, -0.25) is 14.4 Å². The van der Waals surface area contributed by atoms with Crippen LogP contribution in [0.1, 0.15) is 17.3 Å². The highest BCUT2D eigenvalue weighted by molar-refractivity contribution is 5.96. The molecule has 32 heavy (non-hydrogen) atoms. The highest BCUT2D eigenvalue weighted by Crippen LogP contribution is 2.18. The Labute approximate surface area is 182 Å². The second-order valence-corrected chi connectivity index (χ2v) is 7.18. The number of hydrogen-bond donors (Lipinski definition) is 2. The molecule has 0 fully saturated rings. The van der Waals surface area contributed by atoms with Gasteiger partial charge in [0, 0.05) is 49.2 Å². The molecule has 0 atom stereocenters. The minimum absolute atomic E-state index is 0.222. The molecule has 0 saturated carbocycles. The fraction of sp³-hybridized carbons (Fsp3) is 0.130. The number of nitrogens with zero attached hydrogens (tertiary/aromatic N) is 3. The Morgan fingerprint density at radius 3 is 2.59 bits per heavy atom. The van der Waals surface area contributed by atoms with E-state index >= 15 is 0 Å². The van der Waals surface area contributed by atoms with Gasteiger partial charge in [-0.1, -0.05) is 6.07 Å². The van der Waals surface area contributed by atoms with Crippen LogP contribution in [0.25, 0.3) is 16.8 Å². The van der Waals surface area contributed by atoms with Crippen molar-refractivity contribution in [3.63, 3.8) is 0 Å². The van der Waals surface area contributed by atoms with E-state index < -0.39 is 0 Å². The summed E-state index contributed by atoms with van der Waals surface area (Å²) in [6.07, 6.45) is 3.25. The van der Waals surface area contributed by atoms with Crippen LogP contribution in [0.5, 0.6) is 0 Å². The Morgan fingerprint density at radius 2 is 1.84 bits per heavy atom. The van der Waals surface area contributed by atoms with Crippen LogP contribution < -0.4 is 16.2 Å². The average Bonchev–Trinajstić information content (AvgIpc) is 3.21.